The number of nitrogens with one attached hydrogen (secondary N) is 4. The molecular formula is C35H50N8O9. The van der Waals surface area contributed by atoms with Gasteiger partial charge in [0.25, 0.3) is 11.8 Å². The summed E-state index contributed by atoms with van der Waals surface area (Å²) in [6, 6.07) is 3.80. The molecule has 0 radical (unpaired) electrons. The molecule has 1 fully saturated rings. The highest BCUT2D eigenvalue weighted by Crippen LogP contribution is 2.29. The number of urea groups is 1. The molecular weight excluding hydrogens is 676 g/mol. The zero-order chi connectivity index (χ0) is 38.4. The van der Waals surface area contributed by atoms with E-state index in [2.05, 4.69) is 21.3 Å². The Balaban J connectivity index is 1.54. The van der Waals surface area contributed by atoms with Crippen molar-refractivity contribution in [1.29, 1.82) is 0 Å². The molecule has 3 unspecified atom stereocenters. The first-order valence-corrected chi connectivity index (χ1v) is 17.4. The lowest BCUT2D eigenvalue weighted by Crippen LogP contribution is -2.54. The highest BCUT2D eigenvalue weighted by Gasteiger charge is 2.45. The number of unbranched alkanes of at least 4 members (excludes halogenated alkanes) is 2. The molecule has 8 N–H and O–H groups in total. The van der Waals surface area contributed by atoms with E-state index in [-0.39, 0.29) is 56.2 Å². The van der Waals surface area contributed by atoms with Gasteiger partial charge in [0.15, 0.2) is 0 Å². The topological polar surface area (TPSA) is 252 Å². The van der Waals surface area contributed by atoms with Crippen LogP contribution < -0.4 is 32.7 Å². The Morgan fingerprint density at radius 3 is 2.19 bits per heavy atom. The predicted molar refractivity (Wildman–Crippen MR) is 189 cm³/mol. The Morgan fingerprint density at radius 1 is 0.904 bits per heavy atom. The van der Waals surface area contributed by atoms with E-state index in [0.717, 1.165) is 4.90 Å². The number of benzene rings is 1. The lowest BCUT2D eigenvalue weighted by Gasteiger charge is -2.31. The van der Waals surface area contributed by atoms with Crippen LogP contribution in [0.1, 0.15) is 77.7 Å². The highest BCUT2D eigenvalue weighted by atomic mass is 16.6. The molecule has 3 rings (SSSR count). The molecule has 9 amide bonds. The van der Waals surface area contributed by atoms with Gasteiger partial charge in [-0.15, -0.1) is 0 Å². The number of carbonyl (C=O) groups is 8. The molecule has 17 heteroatoms. The van der Waals surface area contributed by atoms with Crippen molar-refractivity contribution in [3.8, 4) is 0 Å². The van der Waals surface area contributed by atoms with Crippen LogP contribution in [0.5, 0.6) is 0 Å². The molecule has 2 aliphatic rings. The number of amides is 9. The van der Waals surface area contributed by atoms with Gasteiger partial charge < -0.3 is 37.5 Å². The third-order valence-corrected chi connectivity index (χ3v) is 9.03. The maximum Gasteiger partial charge on any atom is 0.410 e. The van der Waals surface area contributed by atoms with Crippen LogP contribution in [0.4, 0.5) is 15.3 Å². The first kappa shape index (κ1) is 40.9. The summed E-state index contributed by atoms with van der Waals surface area (Å²) in [7, 11) is 0. The van der Waals surface area contributed by atoms with E-state index in [1.165, 1.54) is 17.1 Å². The minimum atomic E-state index is -1.10. The number of rotatable bonds is 19. The van der Waals surface area contributed by atoms with Gasteiger partial charge in [-0.25, -0.2) is 9.59 Å². The Kier molecular flexibility index (Phi) is 15.1. The van der Waals surface area contributed by atoms with E-state index >= 15 is 0 Å². The Hall–Kier alpha value is -5.48. The van der Waals surface area contributed by atoms with Crippen LogP contribution in [0, 0.1) is 5.92 Å². The van der Waals surface area contributed by atoms with E-state index in [0.29, 0.717) is 56.3 Å². The minimum absolute atomic E-state index is 0.0788. The van der Waals surface area contributed by atoms with Crippen molar-refractivity contribution >= 4 is 53.3 Å². The van der Waals surface area contributed by atoms with Gasteiger partial charge in [-0.1, -0.05) is 32.4 Å². The molecule has 2 heterocycles. The minimum Gasteiger partial charge on any atom is -0.445 e. The summed E-state index contributed by atoms with van der Waals surface area (Å²) >= 11 is 0. The molecule has 0 spiro atoms. The Morgan fingerprint density at radius 2 is 1.58 bits per heavy atom. The van der Waals surface area contributed by atoms with E-state index < -0.39 is 47.5 Å². The monoisotopic (exact) mass is 726 g/mol. The molecule has 2 aliphatic heterocycles. The lowest BCUT2D eigenvalue weighted by molar-refractivity contribution is -0.137. The second kappa shape index (κ2) is 19.2. The van der Waals surface area contributed by atoms with Crippen LogP contribution >= 0.6 is 0 Å². The second-order valence-corrected chi connectivity index (χ2v) is 13.4. The second-order valence-electron chi connectivity index (χ2n) is 13.4. The van der Waals surface area contributed by atoms with Crippen LogP contribution in [0.25, 0.3) is 0 Å². The predicted octanol–water partition coefficient (Wildman–Crippen LogP) is 1.16. The van der Waals surface area contributed by atoms with Crippen molar-refractivity contribution in [1.82, 2.24) is 25.8 Å². The average molecular weight is 727 g/mol. The van der Waals surface area contributed by atoms with Gasteiger partial charge >= 0.3 is 12.1 Å². The standard InChI is InChI=1S/C35H50N8O9/c1-22(2)29(41-26(44)10-5-4-6-19-42-27(45)15-16-28(42)46)31(48)40-25(9-7-18-38-33(37)50)30(47)39-24-13-11-23(12-14-24)21-52-34(51)43-20-8-17-35(43,3)32(36)49/h11-16,22,25,29H,4-10,17-21H2,1-3H3,(H2,36,49)(H,39,47)(H,40,48)(H,41,44)(H3,37,38,50). The number of hydrogen-bond acceptors (Lipinski definition) is 9. The summed E-state index contributed by atoms with van der Waals surface area (Å²) < 4.78 is 5.41. The number of nitrogens with zero attached hydrogens (tertiary/aromatic N) is 2. The molecule has 1 saturated heterocycles. The maximum atomic E-state index is 13.4. The van der Waals surface area contributed by atoms with Crippen LogP contribution in [0.15, 0.2) is 36.4 Å². The SMILES string of the molecule is CC(C)C(NC(=O)CCCCCN1C(=O)C=CC1=O)C(=O)NC(CCCNC(N)=O)C(=O)Nc1ccc(COC(=O)N2CCCC2(C)C(N)=O)cc1. The molecule has 0 aromatic heterocycles. The molecule has 1 aromatic rings. The zero-order valence-electron chi connectivity index (χ0n) is 29.9. The lowest BCUT2D eigenvalue weighted by atomic mass is 9.99. The number of hydrogen-bond donors (Lipinski definition) is 6. The van der Waals surface area contributed by atoms with Gasteiger partial charge in [-0.2, -0.15) is 0 Å². The van der Waals surface area contributed by atoms with E-state index in [1.54, 1.807) is 45.0 Å². The quantitative estimate of drug-likeness (QED) is 0.0883. The first-order valence-electron chi connectivity index (χ1n) is 17.4. The van der Waals surface area contributed by atoms with Gasteiger partial charge in [0.1, 0.15) is 24.2 Å². The third kappa shape index (κ3) is 11.8. The summed E-state index contributed by atoms with van der Waals surface area (Å²) in [6.45, 7) is 5.84. The molecule has 284 valence electrons. The number of primary amides is 2. The van der Waals surface area contributed by atoms with E-state index in [1.807, 2.05) is 0 Å². The molecule has 52 heavy (non-hydrogen) atoms. The molecule has 0 bridgehead atoms. The molecule has 1 aromatic carbocycles. The summed E-state index contributed by atoms with van der Waals surface area (Å²) in [6.07, 6.45) is 5.06. The normalized spacial score (nSPS) is 17.8. The van der Waals surface area contributed by atoms with Crippen LogP contribution in [-0.4, -0.2) is 94.6 Å². The van der Waals surface area contributed by atoms with Gasteiger partial charge in [0.2, 0.25) is 23.6 Å². The molecule has 0 aliphatic carbocycles. The Labute approximate surface area is 302 Å². The van der Waals surface area contributed by atoms with Gasteiger partial charge in [-0.05, 0) is 69.1 Å². The summed E-state index contributed by atoms with van der Waals surface area (Å²) in [5.74, 6) is -3.08. The number of likely N-dealkylation sites (tertiary alicyclic amines) is 1. The largest absolute Gasteiger partial charge is 0.445 e. The maximum absolute atomic E-state index is 13.4. The number of anilines is 1. The first-order chi connectivity index (χ1) is 24.6. The number of carbonyl (C=O) groups excluding carboxylic acids is 8. The van der Waals surface area contributed by atoms with Crippen molar-refractivity contribution in [3.05, 3.63) is 42.0 Å². The fraction of sp³-hybridized carbons (Fsp3) is 0.543. The molecule has 3 atom stereocenters. The number of imide groups is 1. The zero-order valence-corrected chi connectivity index (χ0v) is 29.9. The Bertz CT molecular complexity index is 1510. The average Bonchev–Trinajstić information content (AvgIpc) is 3.65. The van der Waals surface area contributed by atoms with Crippen LogP contribution in [0.2, 0.25) is 0 Å². The van der Waals surface area contributed by atoms with E-state index in [9.17, 15) is 38.4 Å². The summed E-state index contributed by atoms with van der Waals surface area (Å²) in [5, 5.41) is 10.7. The van der Waals surface area contributed by atoms with Crippen molar-refractivity contribution < 1.29 is 43.1 Å². The van der Waals surface area contributed by atoms with Crippen molar-refractivity contribution in [2.24, 2.45) is 17.4 Å². The fourth-order valence-electron chi connectivity index (χ4n) is 5.86. The molecule has 0 saturated carbocycles. The van der Waals surface area contributed by atoms with Crippen LogP contribution in [0.3, 0.4) is 0 Å². The fourth-order valence-corrected chi connectivity index (χ4v) is 5.86. The summed E-state index contributed by atoms with van der Waals surface area (Å²) in [4.78, 5) is 101. The van der Waals surface area contributed by atoms with E-state index in [4.69, 9.17) is 16.2 Å². The third-order valence-electron chi connectivity index (χ3n) is 9.03. The van der Waals surface area contributed by atoms with Crippen LogP contribution in [-0.2, 0) is 40.1 Å². The molecule has 17 nitrogen and oxygen atoms in total. The van der Waals surface area contributed by atoms with Crippen molar-refractivity contribution in [3.63, 3.8) is 0 Å². The van der Waals surface area contributed by atoms with Crippen molar-refractivity contribution in [2.75, 3.05) is 25.0 Å². The van der Waals surface area contributed by atoms with Gasteiger partial charge in [-0.3, -0.25) is 38.6 Å². The summed E-state index contributed by atoms with van der Waals surface area (Å²) in [5.41, 5.74) is 10.6. The van der Waals surface area contributed by atoms with Gasteiger partial charge in [0, 0.05) is 43.9 Å². The van der Waals surface area contributed by atoms with Gasteiger partial charge in [0.05, 0.1) is 0 Å². The highest BCUT2D eigenvalue weighted by molar-refractivity contribution is 6.12. The number of ether oxygens (including phenoxy) is 1. The smallest absolute Gasteiger partial charge is 0.410 e. The van der Waals surface area contributed by atoms with Crippen molar-refractivity contribution in [2.45, 2.75) is 96.4 Å². The number of nitrogens with two attached hydrogens (primary N) is 2.